The molecule has 5 heteroatoms. The second-order valence-electron chi connectivity index (χ2n) is 4.26. The Morgan fingerprint density at radius 3 is 2.47 bits per heavy atom. The quantitative estimate of drug-likeness (QED) is 0.827. The molecule has 0 fully saturated rings. The molecule has 1 amide bonds. The number of hydrogen-bond acceptors (Lipinski definition) is 2. The van der Waals surface area contributed by atoms with Crippen LogP contribution in [-0.4, -0.2) is 5.91 Å². The second-order valence-corrected chi connectivity index (χ2v) is 4.26. The number of carbonyl (C=O) groups excluding carboxylic acids is 1. The minimum absolute atomic E-state index is 0.0200. The normalized spacial score (nSPS) is 17.4. The Hall–Kier alpha value is -2.43. The van der Waals surface area contributed by atoms with E-state index < -0.39 is 17.7 Å². The molecule has 1 aliphatic rings. The van der Waals surface area contributed by atoms with Gasteiger partial charge in [0.2, 0.25) is 0 Å². The van der Waals surface area contributed by atoms with Crippen LogP contribution in [0.5, 0.6) is 0 Å². The molecule has 1 aliphatic heterocycles. The highest BCUT2D eigenvalue weighted by atomic mass is 19.2. The number of amides is 1. The molecule has 0 spiro atoms. The summed E-state index contributed by atoms with van der Waals surface area (Å²) in [5, 5.41) is 5.31. The van der Waals surface area contributed by atoms with Crippen LogP contribution in [0.25, 0.3) is 0 Å². The van der Waals surface area contributed by atoms with E-state index in [0.29, 0.717) is 5.56 Å². The van der Waals surface area contributed by atoms with Crippen molar-refractivity contribution in [3.05, 3.63) is 59.7 Å². The summed E-state index contributed by atoms with van der Waals surface area (Å²) in [7, 11) is 0. The van der Waals surface area contributed by atoms with Gasteiger partial charge in [-0.25, -0.2) is 8.78 Å². The van der Waals surface area contributed by atoms with E-state index in [1.165, 1.54) is 6.07 Å². The fourth-order valence-corrected chi connectivity index (χ4v) is 2.09. The smallest absolute Gasteiger partial charge is 0.251 e. The van der Waals surface area contributed by atoms with Crippen LogP contribution >= 0.6 is 0 Å². The SMILES string of the molecule is O=C1Nc2ccc(F)c(F)c2NC1c1ccccc1. The third kappa shape index (κ3) is 1.93. The molecule has 2 N–H and O–H groups in total. The Kier molecular flexibility index (Phi) is 2.67. The Morgan fingerprint density at radius 2 is 1.74 bits per heavy atom. The van der Waals surface area contributed by atoms with Crippen molar-refractivity contribution >= 4 is 17.3 Å². The molecule has 1 heterocycles. The van der Waals surface area contributed by atoms with Gasteiger partial charge in [-0.2, -0.15) is 0 Å². The molecular formula is C14H10F2N2O. The fourth-order valence-electron chi connectivity index (χ4n) is 2.09. The van der Waals surface area contributed by atoms with Crippen LogP contribution in [0.4, 0.5) is 20.2 Å². The van der Waals surface area contributed by atoms with Gasteiger partial charge in [-0.15, -0.1) is 0 Å². The lowest BCUT2D eigenvalue weighted by Gasteiger charge is -2.27. The predicted octanol–water partition coefficient (Wildman–Crippen LogP) is 3.07. The molecule has 0 aromatic heterocycles. The van der Waals surface area contributed by atoms with Gasteiger partial charge in [0.1, 0.15) is 6.04 Å². The lowest BCUT2D eigenvalue weighted by Crippen LogP contribution is -2.32. The van der Waals surface area contributed by atoms with Crippen molar-refractivity contribution < 1.29 is 13.6 Å². The zero-order valence-electron chi connectivity index (χ0n) is 9.78. The summed E-state index contributed by atoms with van der Waals surface area (Å²) in [6.07, 6.45) is 0. The molecule has 3 rings (SSSR count). The van der Waals surface area contributed by atoms with E-state index in [4.69, 9.17) is 0 Å². The summed E-state index contributed by atoms with van der Waals surface area (Å²) in [6, 6.07) is 10.5. The summed E-state index contributed by atoms with van der Waals surface area (Å²) >= 11 is 0. The Bertz CT molecular complexity index is 643. The van der Waals surface area contributed by atoms with Gasteiger partial charge in [0, 0.05) is 0 Å². The molecule has 0 aliphatic carbocycles. The molecule has 19 heavy (non-hydrogen) atoms. The highest BCUT2D eigenvalue weighted by Gasteiger charge is 2.29. The number of anilines is 2. The van der Waals surface area contributed by atoms with Crippen LogP contribution in [0.1, 0.15) is 11.6 Å². The van der Waals surface area contributed by atoms with E-state index in [2.05, 4.69) is 10.6 Å². The van der Waals surface area contributed by atoms with E-state index in [-0.39, 0.29) is 17.3 Å². The standard InChI is InChI=1S/C14H10F2N2O/c15-9-6-7-10-13(11(9)16)18-12(14(19)17-10)8-4-2-1-3-5-8/h1-7,12,18H,(H,17,19). The third-order valence-electron chi connectivity index (χ3n) is 3.04. The van der Waals surface area contributed by atoms with Crippen molar-refractivity contribution in [2.75, 3.05) is 10.6 Å². The Morgan fingerprint density at radius 1 is 1.00 bits per heavy atom. The van der Waals surface area contributed by atoms with Crippen molar-refractivity contribution in [1.29, 1.82) is 0 Å². The summed E-state index contributed by atoms with van der Waals surface area (Å²) in [6.45, 7) is 0. The maximum atomic E-state index is 13.7. The van der Waals surface area contributed by atoms with E-state index in [1.807, 2.05) is 6.07 Å². The van der Waals surface area contributed by atoms with Crippen molar-refractivity contribution in [3.63, 3.8) is 0 Å². The number of hydrogen-bond donors (Lipinski definition) is 2. The summed E-state index contributed by atoms with van der Waals surface area (Å²) in [5.74, 6) is -2.24. The van der Waals surface area contributed by atoms with Gasteiger partial charge in [0.25, 0.3) is 5.91 Å². The van der Waals surface area contributed by atoms with Gasteiger partial charge in [-0.3, -0.25) is 4.79 Å². The summed E-state index contributed by atoms with van der Waals surface area (Å²) in [4.78, 5) is 12.0. The molecule has 0 saturated heterocycles. The first-order valence-electron chi connectivity index (χ1n) is 5.77. The highest BCUT2D eigenvalue weighted by Crippen LogP contribution is 2.35. The van der Waals surface area contributed by atoms with Gasteiger partial charge in [0.05, 0.1) is 11.4 Å². The average molecular weight is 260 g/mol. The molecule has 1 unspecified atom stereocenters. The zero-order chi connectivity index (χ0) is 13.4. The molecule has 0 bridgehead atoms. The number of carbonyl (C=O) groups is 1. The summed E-state index contributed by atoms with van der Waals surface area (Å²) in [5.41, 5.74) is 0.916. The highest BCUT2D eigenvalue weighted by molar-refractivity contribution is 6.03. The topological polar surface area (TPSA) is 41.1 Å². The third-order valence-corrected chi connectivity index (χ3v) is 3.04. The van der Waals surface area contributed by atoms with Crippen molar-refractivity contribution in [2.45, 2.75) is 6.04 Å². The largest absolute Gasteiger partial charge is 0.366 e. The minimum Gasteiger partial charge on any atom is -0.366 e. The van der Waals surface area contributed by atoms with E-state index in [0.717, 1.165) is 6.07 Å². The van der Waals surface area contributed by atoms with Crippen LogP contribution in [0.2, 0.25) is 0 Å². The predicted molar refractivity (Wildman–Crippen MR) is 67.8 cm³/mol. The molecule has 0 saturated carbocycles. The van der Waals surface area contributed by atoms with Crippen LogP contribution in [0.3, 0.4) is 0 Å². The van der Waals surface area contributed by atoms with Crippen molar-refractivity contribution in [2.24, 2.45) is 0 Å². The van der Waals surface area contributed by atoms with Crippen LogP contribution in [0.15, 0.2) is 42.5 Å². The maximum Gasteiger partial charge on any atom is 0.251 e. The van der Waals surface area contributed by atoms with Gasteiger partial charge >= 0.3 is 0 Å². The first kappa shape index (κ1) is 11.6. The van der Waals surface area contributed by atoms with Crippen molar-refractivity contribution in [3.8, 4) is 0 Å². The van der Waals surface area contributed by atoms with Gasteiger partial charge in [-0.1, -0.05) is 30.3 Å². The number of nitrogens with one attached hydrogen (secondary N) is 2. The lowest BCUT2D eigenvalue weighted by atomic mass is 10.0. The zero-order valence-corrected chi connectivity index (χ0v) is 9.78. The molecule has 0 radical (unpaired) electrons. The first-order chi connectivity index (χ1) is 9.16. The van der Waals surface area contributed by atoms with Gasteiger partial charge in [-0.05, 0) is 17.7 Å². The number of rotatable bonds is 1. The van der Waals surface area contributed by atoms with Gasteiger partial charge < -0.3 is 10.6 Å². The minimum atomic E-state index is -0.988. The number of halogens is 2. The van der Waals surface area contributed by atoms with Crippen LogP contribution in [-0.2, 0) is 4.79 Å². The van der Waals surface area contributed by atoms with E-state index in [1.54, 1.807) is 24.3 Å². The molecule has 3 nitrogen and oxygen atoms in total. The molecule has 2 aromatic carbocycles. The van der Waals surface area contributed by atoms with Gasteiger partial charge in [0.15, 0.2) is 11.6 Å². The molecule has 96 valence electrons. The van der Waals surface area contributed by atoms with E-state index in [9.17, 15) is 13.6 Å². The lowest BCUT2D eigenvalue weighted by molar-refractivity contribution is -0.117. The number of benzene rings is 2. The fraction of sp³-hybridized carbons (Fsp3) is 0.0714. The Balaban J connectivity index is 2.04. The second kappa shape index (κ2) is 4.35. The van der Waals surface area contributed by atoms with Crippen molar-refractivity contribution in [1.82, 2.24) is 0 Å². The molecular weight excluding hydrogens is 250 g/mol. The molecule has 1 atom stereocenters. The van der Waals surface area contributed by atoms with Crippen LogP contribution < -0.4 is 10.6 Å². The van der Waals surface area contributed by atoms with Crippen LogP contribution in [0, 0.1) is 11.6 Å². The maximum absolute atomic E-state index is 13.7. The summed E-state index contributed by atoms with van der Waals surface area (Å²) < 4.78 is 26.9. The monoisotopic (exact) mass is 260 g/mol. The average Bonchev–Trinajstić information content (AvgIpc) is 2.44. The number of fused-ring (bicyclic) bond motifs is 1. The first-order valence-corrected chi connectivity index (χ1v) is 5.77. The van der Waals surface area contributed by atoms with E-state index >= 15 is 0 Å². The molecule has 2 aromatic rings. The Labute approximate surface area is 108 Å².